The van der Waals surface area contributed by atoms with Crippen LogP contribution in [0, 0.1) is 5.41 Å². The number of carboxylic acids is 1. The molecule has 0 aliphatic heterocycles. The highest BCUT2D eigenvalue weighted by Gasteiger charge is 2.24. The Hall–Kier alpha value is -1.59. The third-order valence-corrected chi connectivity index (χ3v) is 2.46. The van der Waals surface area contributed by atoms with Crippen molar-refractivity contribution in [2.75, 3.05) is 0 Å². The normalized spacial score (nSPS) is 12.3. The predicted molar refractivity (Wildman–Crippen MR) is 70.3 cm³/mol. The molecule has 0 fully saturated rings. The Bertz CT molecular complexity index is 325. The first-order chi connectivity index (χ1) is 8.26. The Balaban J connectivity index is 4.60. The van der Waals surface area contributed by atoms with Crippen LogP contribution in [0.2, 0.25) is 0 Å². The number of amides is 2. The molecule has 0 aromatic heterocycles. The van der Waals surface area contributed by atoms with E-state index in [9.17, 15) is 9.59 Å². The number of hydrogen-bond donors (Lipinski definition) is 3. The van der Waals surface area contributed by atoms with Crippen LogP contribution in [0.3, 0.4) is 0 Å². The second-order valence-corrected chi connectivity index (χ2v) is 5.17. The number of carboxylic acid groups (broad SMARTS) is 1. The highest BCUT2D eigenvalue weighted by Crippen LogP contribution is 2.26. The van der Waals surface area contributed by atoms with Gasteiger partial charge in [0.05, 0.1) is 6.42 Å². The Morgan fingerprint density at radius 3 is 2.39 bits per heavy atom. The van der Waals surface area contributed by atoms with E-state index in [0.29, 0.717) is 6.42 Å². The summed E-state index contributed by atoms with van der Waals surface area (Å²) in [7, 11) is 0. The molecule has 0 radical (unpaired) electrons. The number of primary amides is 1. The van der Waals surface area contributed by atoms with Crippen LogP contribution in [0.1, 0.15) is 52.9 Å². The van der Waals surface area contributed by atoms with Gasteiger partial charge in [-0.25, -0.2) is 10.2 Å². The van der Waals surface area contributed by atoms with E-state index in [-0.39, 0.29) is 6.42 Å². The Morgan fingerprint density at radius 2 is 1.94 bits per heavy atom. The summed E-state index contributed by atoms with van der Waals surface area (Å²) in [6.45, 7) is 5.79. The second kappa shape index (κ2) is 7.68. The smallest absolute Gasteiger partial charge is 0.332 e. The molecule has 0 rings (SSSR count). The van der Waals surface area contributed by atoms with Crippen molar-refractivity contribution in [1.29, 1.82) is 0 Å². The van der Waals surface area contributed by atoms with Gasteiger partial charge < -0.3 is 10.8 Å². The maximum Gasteiger partial charge on any atom is 0.332 e. The van der Waals surface area contributed by atoms with E-state index in [2.05, 4.69) is 17.5 Å². The third-order valence-electron chi connectivity index (χ3n) is 2.46. The molecule has 0 aliphatic carbocycles. The summed E-state index contributed by atoms with van der Waals surface area (Å²) in [6, 6.07) is -0.708. The van der Waals surface area contributed by atoms with Crippen molar-refractivity contribution in [3.63, 3.8) is 0 Å². The third kappa shape index (κ3) is 8.55. The number of hydrazone groups is 1. The summed E-state index contributed by atoms with van der Waals surface area (Å²) in [5.41, 5.74) is 7.56. The van der Waals surface area contributed by atoms with Crippen molar-refractivity contribution in [2.45, 2.75) is 52.9 Å². The summed E-state index contributed by atoms with van der Waals surface area (Å²) in [6.07, 6.45) is 3.28. The van der Waals surface area contributed by atoms with Gasteiger partial charge in [0.1, 0.15) is 0 Å². The number of aliphatic carboxylic acids is 1. The average Bonchev–Trinajstić information content (AvgIpc) is 2.19. The molecule has 0 heterocycles. The van der Waals surface area contributed by atoms with Gasteiger partial charge in [-0.15, -0.1) is 0 Å². The lowest BCUT2D eigenvalue weighted by molar-refractivity contribution is -0.139. The molecule has 0 aliphatic rings. The monoisotopic (exact) mass is 257 g/mol. The van der Waals surface area contributed by atoms with Gasteiger partial charge in [0.2, 0.25) is 0 Å². The number of hydrogen-bond acceptors (Lipinski definition) is 3. The highest BCUT2D eigenvalue weighted by atomic mass is 16.4. The maximum absolute atomic E-state index is 10.7. The summed E-state index contributed by atoms with van der Waals surface area (Å²) in [5, 5.41) is 12.8. The summed E-state index contributed by atoms with van der Waals surface area (Å²) < 4.78 is 0. The van der Waals surface area contributed by atoms with Crippen LogP contribution in [0.15, 0.2) is 5.10 Å². The van der Waals surface area contributed by atoms with Crippen LogP contribution in [0.4, 0.5) is 4.79 Å². The lowest BCUT2D eigenvalue weighted by Crippen LogP contribution is -2.28. The number of carbonyl (C=O) groups excluding carboxylic acids is 1. The van der Waals surface area contributed by atoms with Gasteiger partial charge in [0, 0.05) is 5.71 Å². The number of carbonyl (C=O) groups is 2. The first-order valence-corrected chi connectivity index (χ1v) is 6.09. The van der Waals surface area contributed by atoms with E-state index in [1.54, 1.807) is 0 Å². The number of urea groups is 1. The number of nitrogens with two attached hydrogens (primary N) is 1. The van der Waals surface area contributed by atoms with Crippen molar-refractivity contribution in [3.05, 3.63) is 0 Å². The van der Waals surface area contributed by atoms with Crippen molar-refractivity contribution < 1.29 is 14.7 Å². The topological polar surface area (TPSA) is 105 Å². The molecule has 0 bridgehead atoms. The molecule has 0 atom stereocenters. The summed E-state index contributed by atoms with van der Waals surface area (Å²) in [5.74, 6) is -0.835. The molecule has 6 nitrogen and oxygen atoms in total. The van der Waals surface area contributed by atoms with Crippen LogP contribution >= 0.6 is 0 Å². The zero-order chi connectivity index (χ0) is 14.2. The Morgan fingerprint density at radius 1 is 1.33 bits per heavy atom. The standard InChI is InChI=1S/C12H23N3O3/c1-4-5-6-9(14-15-11(13)18)7-12(2,3)8-10(16)17/h4-8H2,1-3H3,(H,16,17)(H3,13,15,18)/b14-9+. The molecule has 0 saturated heterocycles. The molecule has 18 heavy (non-hydrogen) atoms. The van der Waals surface area contributed by atoms with Crippen LogP contribution in [-0.2, 0) is 4.79 Å². The molecular weight excluding hydrogens is 234 g/mol. The van der Waals surface area contributed by atoms with Crippen LogP contribution in [0.25, 0.3) is 0 Å². The zero-order valence-electron chi connectivity index (χ0n) is 11.3. The maximum atomic E-state index is 10.7. The van der Waals surface area contributed by atoms with Gasteiger partial charge in [-0.3, -0.25) is 4.79 Å². The first kappa shape index (κ1) is 16.4. The highest BCUT2D eigenvalue weighted by molar-refractivity contribution is 5.86. The number of unbranched alkanes of at least 4 members (excludes halogenated alkanes) is 1. The van der Waals surface area contributed by atoms with Gasteiger partial charge in [-0.1, -0.05) is 27.2 Å². The molecule has 0 unspecified atom stereocenters. The van der Waals surface area contributed by atoms with Crippen LogP contribution in [-0.4, -0.2) is 22.8 Å². The molecule has 6 heteroatoms. The van der Waals surface area contributed by atoms with Gasteiger partial charge >= 0.3 is 12.0 Å². The van der Waals surface area contributed by atoms with Crippen LogP contribution in [0.5, 0.6) is 0 Å². The number of rotatable bonds is 8. The SMILES string of the molecule is CCCC/C(CC(C)(C)CC(=O)O)=N\NC(N)=O. The molecule has 0 aromatic rings. The fourth-order valence-corrected chi connectivity index (χ4v) is 1.72. The molecular formula is C12H23N3O3. The predicted octanol–water partition coefficient (Wildman–Crippen LogP) is 2.09. The largest absolute Gasteiger partial charge is 0.481 e. The van der Waals surface area contributed by atoms with Gasteiger partial charge in [-0.2, -0.15) is 5.10 Å². The lowest BCUT2D eigenvalue weighted by Gasteiger charge is -2.23. The fraction of sp³-hybridized carbons (Fsp3) is 0.750. The van der Waals surface area contributed by atoms with Crippen molar-refractivity contribution in [2.24, 2.45) is 16.3 Å². The van der Waals surface area contributed by atoms with E-state index >= 15 is 0 Å². The van der Waals surface area contributed by atoms with E-state index < -0.39 is 17.4 Å². The van der Waals surface area contributed by atoms with E-state index in [1.165, 1.54) is 0 Å². The number of nitrogens with one attached hydrogen (secondary N) is 1. The van der Waals surface area contributed by atoms with Gasteiger partial charge in [0.15, 0.2) is 0 Å². The molecule has 2 amide bonds. The van der Waals surface area contributed by atoms with Crippen molar-refractivity contribution in [1.82, 2.24) is 5.43 Å². The minimum atomic E-state index is -0.835. The van der Waals surface area contributed by atoms with Crippen LogP contribution < -0.4 is 11.2 Å². The fourth-order valence-electron chi connectivity index (χ4n) is 1.72. The minimum Gasteiger partial charge on any atom is -0.481 e. The molecule has 0 spiro atoms. The van der Waals surface area contributed by atoms with Gasteiger partial charge in [-0.05, 0) is 24.7 Å². The molecule has 0 aromatic carbocycles. The first-order valence-electron chi connectivity index (χ1n) is 6.09. The van der Waals surface area contributed by atoms with E-state index in [4.69, 9.17) is 10.8 Å². The van der Waals surface area contributed by atoms with Crippen molar-refractivity contribution >= 4 is 17.7 Å². The zero-order valence-corrected chi connectivity index (χ0v) is 11.3. The lowest BCUT2D eigenvalue weighted by atomic mass is 9.83. The Labute approximate surface area is 108 Å². The minimum absolute atomic E-state index is 0.0642. The average molecular weight is 257 g/mol. The van der Waals surface area contributed by atoms with Crippen molar-refractivity contribution in [3.8, 4) is 0 Å². The molecule has 0 saturated carbocycles. The second-order valence-electron chi connectivity index (χ2n) is 5.17. The van der Waals surface area contributed by atoms with Gasteiger partial charge in [0.25, 0.3) is 0 Å². The van der Waals surface area contributed by atoms with E-state index in [1.807, 2.05) is 13.8 Å². The number of nitrogens with zero attached hydrogens (tertiary/aromatic N) is 1. The molecule has 4 N–H and O–H groups in total. The summed E-state index contributed by atoms with van der Waals surface area (Å²) in [4.78, 5) is 21.4. The summed E-state index contributed by atoms with van der Waals surface area (Å²) >= 11 is 0. The molecule has 104 valence electrons. The van der Waals surface area contributed by atoms with E-state index in [0.717, 1.165) is 25.0 Å². The quantitative estimate of drug-likeness (QED) is 0.458. The Kier molecular flexibility index (Phi) is 7.00.